The van der Waals surface area contributed by atoms with Crippen LogP contribution in [0.5, 0.6) is 0 Å². The van der Waals surface area contributed by atoms with Crippen LogP contribution in [0.3, 0.4) is 0 Å². The third-order valence-corrected chi connectivity index (χ3v) is 2.42. The Balaban J connectivity index is 2.60. The lowest BCUT2D eigenvalue weighted by Crippen LogP contribution is -2.06. The van der Waals surface area contributed by atoms with Crippen LogP contribution >= 0.6 is 0 Å². The fourth-order valence-corrected chi connectivity index (χ4v) is 1.68. The standard InChI is InChI=1S/C10H12N6O2/c1-2-4-15-5-3-12-10(15)7-8(16(17)18)9(11)14-6-13-7/h3,5-6H,2,4H2,1H3,(H2,11,13,14). The molecule has 2 aromatic heterocycles. The molecule has 94 valence electrons. The van der Waals surface area contributed by atoms with Crippen LogP contribution in [0.4, 0.5) is 11.5 Å². The first kappa shape index (κ1) is 12.0. The van der Waals surface area contributed by atoms with Gasteiger partial charge in [-0.25, -0.2) is 15.0 Å². The van der Waals surface area contributed by atoms with E-state index in [9.17, 15) is 10.1 Å². The maximum absolute atomic E-state index is 11.0. The zero-order chi connectivity index (χ0) is 13.1. The van der Waals surface area contributed by atoms with Crippen molar-refractivity contribution in [2.75, 3.05) is 5.73 Å². The topological polar surface area (TPSA) is 113 Å². The molecule has 0 bridgehead atoms. The first-order valence-electron chi connectivity index (χ1n) is 5.41. The molecule has 0 saturated heterocycles. The zero-order valence-corrected chi connectivity index (χ0v) is 9.78. The van der Waals surface area contributed by atoms with Crippen LogP contribution in [0, 0.1) is 10.1 Å². The molecular weight excluding hydrogens is 236 g/mol. The summed E-state index contributed by atoms with van der Waals surface area (Å²) in [6, 6.07) is 0. The maximum Gasteiger partial charge on any atom is 0.340 e. The number of nitrogens with two attached hydrogens (primary N) is 1. The highest BCUT2D eigenvalue weighted by Gasteiger charge is 2.24. The summed E-state index contributed by atoms with van der Waals surface area (Å²) < 4.78 is 1.80. The van der Waals surface area contributed by atoms with Crippen molar-refractivity contribution in [3.05, 3.63) is 28.8 Å². The van der Waals surface area contributed by atoms with E-state index in [-0.39, 0.29) is 17.2 Å². The molecule has 0 aliphatic heterocycles. The van der Waals surface area contributed by atoms with Gasteiger partial charge in [-0.1, -0.05) is 6.92 Å². The molecule has 2 aromatic rings. The Morgan fingerprint density at radius 1 is 1.44 bits per heavy atom. The molecule has 0 spiro atoms. The van der Waals surface area contributed by atoms with E-state index in [0.29, 0.717) is 12.4 Å². The summed E-state index contributed by atoms with van der Waals surface area (Å²) in [6.07, 6.45) is 5.41. The molecule has 0 radical (unpaired) electrons. The number of aryl methyl sites for hydroxylation is 1. The van der Waals surface area contributed by atoms with Gasteiger partial charge in [-0.3, -0.25) is 10.1 Å². The van der Waals surface area contributed by atoms with Crippen molar-refractivity contribution in [3.8, 4) is 11.5 Å². The molecule has 0 saturated carbocycles. The summed E-state index contributed by atoms with van der Waals surface area (Å²) >= 11 is 0. The van der Waals surface area contributed by atoms with Gasteiger partial charge in [0, 0.05) is 18.9 Å². The number of rotatable bonds is 4. The lowest BCUT2D eigenvalue weighted by Gasteiger charge is -2.06. The van der Waals surface area contributed by atoms with Crippen molar-refractivity contribution in [1.29, 1.82) is 0 Å². The zero-order valence-electron chi connectivity index (χ0n) is 9.78. The number of hydrogen-bond acceptors (Lipinski definition) is 6. The molecule has 2 heterocycles. The average molecular weight is 248 g/mol. The van der Waals surface area contributed by atoms with E-state index in [2.05, 4.69) is 15.0 Å². The van der Waals surface area contributed by atoms with Gasteiger partial charge in [-0.05, 0) is 6.42 Å². The van der Waals surface area contributed by atoms with Crippen LogP contribution in [0.2, 0.25) is 0 Å². The van der Waals surface area contributed by atoms with Crippen molar-refractivity contribution in [2.45, 2.75) is 19.9 Å². The van der Waals surface area contributed by atoms with Crippen LogP contribution in [-0.4, -0.2) is 24.4 Å². The Morgan fingerprint density at radius 2 is 2.22 bits per heavy atom. The Hall–Kier alpha value is -2.51. The number of hydrogen-bond donors (Lipinski definition) is 1. The van der Waals surface area contributed by atoms with Gasteiger partial charge in [0.25, 0.3) is 0 Å². The minimum absolute atomic E-state index is 0.144. The smallest absolute Gasteiger partial charge is 0.340 e. The highest BCUT2D eigenvalue weighted by molar-refractivity contribution is 5.71. The predicted octanol–water partition coefficient (Wildman–Crippen LogP) is 1.24. The second kappa shape index (κ2) is 4.78. The first-order valence-corrected chi connectivity index (χ1v) is 5.41. The molecule has 0 aliphatic carbocycles. The van der Waals surface area contributed by atoms with Crippen molar-refractivity contribution in [2.24, 2.45) is 0 Å². The molecule has 0 aromatic carbocycles. The number of nitro groups is 1. The number of nitrogens with zero attached hydrogens (tertiary/aromatic N) is 5. The molecule has 0 atom stereocenters. The highest BCUT2D eigenvalue weighted by atomic mass is 16.6. The summed E-state index contributed by atoms with van der Waals surface area (Å²) in [5.74, 6) is 0.272. The second-order valence-corrected chi connectivity index (χ2v) is 3.66. The Labute approximate surface area is 103 Å². The fourth-order valence-electron chi connectivity index (χ4n) is 1.68. The van der Waals surface area contributed by atoms with E-state index in [1.54, 1.807) is 17.0 Å². The molecule has 18 heavy (non-hydrogen) atoms. The summed E-state index contributed by atoms with van der Waals surface area (Å²) in [7, 11) is 0. The van der Waals surface area contributed by atoms with Gasteiger partial charge in [0.2, 0.25) is 5.82 Å². The Bertz CT molecular complexity index is 579. The molecule has 2 rings (SSSR count). The predicted molar refractivity (Wildman–Crippen MR) is 64.6 cm³/mol. The van der Waals surface area contributed by atoms with E-state index in [1.165, 1.54) is 6.33 Å². The third kappa shape index (κ3) is 1.99. The third-order valence-electron chi connectivity index (χ3n) is 2.42. The fraction of sp³-hybridized carbons (Fsp3) is 0.300. The summed E-state index contributed by atoms with van der Waals surface area (Å²) in [5.41, 5.74) is 5.36. The number of imidazole rings is 1. The molecule has 0 fully saturated rings. The van der Waals surface area contributed by atoms with Crippen molar-refractivity contribution in [1.82, 2.24) is 19.5 Å². The highest BCUT2D eigenvalue weighted by Crippen LogP contribution is 2.29. The Morgan fingerprint density at radius 3 is 2.89 bits per heavy atom. The first-order chi connectivity index (χ1) is 8.65. The van der Waals surface area contributed by atoms with E-state index in [1.807, 2.05) is 6.92 Å². The van der Waals surface area contributed by atoms with Crippen LogP contribution in [0.15, 0.2) is 18.7 Å². The van der Waals surface area contributed by atoms with Gasteiger partial charge >= 0.3 is 5.69 Å². The minimum atomic E-state index is -0.588. The van der Waals surface area contributed by atoms with Gasteiger partial charge in [0.15, 0.2) is 11.5 Å². The normalized spacial score (nSPS) is 10.5. The monoisotopic (exact) mass is 248 g/mol. The maximum atomic E-state index is 11.0. The van der Waals surface area contributed by atoms with Gasteiger partial charge in [-0.2, -0.15) is 0 Å². The molecule has 0 unspecified atom stereocenters. The SMILES string of the molecule is CCCn1ccnc1-c1ncnc(N)c1[N+](=O)[O-]. The van der Waals surface area contributed by atoms with Gasteiger partial charge in [-0.15, -0.1) is 0 Å². The van der Waals surface area contributed by atoms with Gasteiger partial charge < -0.3 is 10.3 Å². The Kier molecular flexibility index (Phi) is 3.18. The van der Waals surface area contributed by atoms with E-state index in [0.717, 1.165) is 6.42 Å². The molecule has 8 heteroatoms. The van der Waals surface area contributed by atoms with Crippen LogP contribution < -0.4 is 5.73 Å². The summed E-state index contributed by atoms with van der Waals surface area (Å²) in [6.45, 7) is 2.71. The number of anilines is 1. The quantitative estimate of drug-likeness (QED) is 0.643. The summed E-state index contributed by atoms with van der Waals surface area (Å²) in [5, 5.41) is 11.0. The largest absolute Gasteiger partial charge is 0.378 e. The minimum Gasteiger partial charge on any atom is -0.378 e. The molecule has 0 aliphatic rings. The molecule has 2 N–H and O–H groups in total. The number of nitrogen functional groups attached to an aromatic ring is 1. The van der Waals surface area contributed by atoms with Crippen molar-refractivity contribution in [3.63, 3.8) is 0 Å². The average Bonchev–Trinajstić information content (AvgIpc) is 2.76. The van der Waals surface area contributed by atoms with Crippen molar-refractivity contribution < 1.29 is 4.92 Å². The van der Waals surface area contributed by atoms with Crippen LogP contribution in [0.1, 0.15) is 13.3 Å². The van der Waals surface area contributed by atoms with E-state index < -0.39 is 4.92 Å². The van der Waals surface area contributed by atoms with Crippen molar-refractivity contribution >= 4 is 11.5 Å². The van der Waals surface area contributed by atoms with Gasteiger partial charge in [0.05, 0.1) is 4.92 Å². The van der Waals surface area contributed by atoms with E-state index >= 15 is 0 Å². The van der Waals surface area contributed by atoms with Gasteiger partial charge in [0.1, 0.15) is 6.33 Å². The molecule has 0 amide bonds. The van der Waals surface area contributed by atoms with E-state index in [4.69, 9.17) is 5.73 Å². The lowest BCUT2D eigenvalue weighted by atomic mass is 10.3. The van der Waals surface area contributed by atoms with Crippen LogP contribution in [0.25, 0.3) is 11.5 Å². The second-order valence-electron chi connectivity index (χ2n) is 3.66. The number of aromatic nitrogens is 4. The molecular formula is C10H12N6O2. The lowest BCUT2D eigenvalue weighted by molar-refractivity contribution is -0.383. The van der Waals surface area contributed by atoms with Crippen LogP contribution in [-0.2, 0) is 6.54 Å². The molecule has 8 nitrogen and oxygen atoms in total. The summed E-state index contributed by atoms with van der Waals surface area (Å²) in [4.78, 5) is 22.1.